The van der Waals surface area contributed by atoms with E-state index in [0.717, 1.165) is 5.75 Å². The maximum absolute atomic E-state index is 9.63. The Morgan fingerprint density at radius 2 is 2.50 bits per heavy atom. The number of rotatable bonds is 4. The summed E-state index contributed by atoms with van der Waals surface area (Å²) in [6.45, 7) is 0. The third-order valence-corrected chi connectivity index (χ3v) is 1.38. The third-order valence-electron chi connectivity index (χ3n) is 0.731. The Bertz CT molecular complexity index is 65.4. The highest BCUT2D eigenvalue weighted by Gasteiger charge is 1.99. The largest absolute Gasteiger partial charge is 0.385 e. The average molecular weight is 133 g/mol. The van der Waals surface area contributed by atoms with Crippen LogP contribution in [0.2, 0.25) is 0 Å². The fourth-order valence-corrected chi connectivity index (χ4v) is 0.747. The molecule has 0 fully saturated rings. The van der Waals surface area contributed by atoms with E-state index in [0.29, 0.717) is 6.42 Å². The molecule has 0 bridgehead atoms. The van der Waals surface area contributed by atoms with Gasteiger partial charge < -0.3 is 5.11 Å². The van der Waals surface area contributed by atoms with Crippen LogP contribution in [0.1, 0.15) is 6.42 Å². The molecule has 2 nitrogen and oxygen atoms in total. The predicted molar refractivity (Wildman–Crippen MR) is 34.7 cm³/mol. The number of carbonyl (C=O) groups excluding carboxylic acids is 1. The summed E-state index contributed by atoms with van der Waals surface area (Å²) in [6.07, 6.45) is 3.07. The van der Waals surface area contributed by atoms with Crippen LogP contribution in [-0.2, 0) is 4.79 Å². The highest BCUT2D eigenvalue weighted by molar-refractivity contribution is 7.98. The van der Waals surface area contributed by atoms with E-state index in [1.165, 1.54) is 6.29 Å². The zero-order valence-corrected chi connectivity index (χ0v) is 5.57. The van der Waals surface area contributed by atoms with Crippen LogP contribution in [0.3, 0.4) is 0 Å². The molecule has 0 saturated carbocycles. The molecule has 1 radical (unpaired) electrons. The van der Waals surface area contributed by atoms with Gasteiger partial charge in [0, 0.05) is 0 Å². The van der Waals surface area contributed by atoms with Crippen LogP contribution in [0, 0.1) is 0 Å². The van der Waals surface area contributed by atoms with Crippen molar-refractivity contribution in [2.75, 3.05) is 12.0 Å². The van der Waals surface area contributed by atoms with Gasteiger partial charge in [-0.05, 0) is 18.4 Å². The average Bonchev–Trinajstić information content (AvgIpc) is 1.83. The molecule has 1 N–H and O–H groups in total. The number of thioether (sulfide) groups is 1. The summed E-state index contributed by atoms with van der Waals surface area (Å²) in [5, 5.41) is 8.55. The van der Waals surface area contributed by atoms with E-state index < -0.39 is 6.10 Å². The van der Waals surface area contributed by atoms with E-state index in [-0.39, 0.29) is 0 Å². The van der Waals surface area contributed by atoms with Crippen molar-refractivity contribution in [1.29, 1.82) is 0 Å². The molecule has 0 aliphatic heterocycles. The molecule has 47 valence electrons. The van der Waals surface area contributed by atoms with Crippen molar-refractivity contribution >= 4 is 18.0 Å². The monoisotopic (exact) mass is 133 g/mol. The highest BCUT2D eigenvalue weighted by Crippen LogP contribution is 1.97. The molecule has 0 rings (SSSR count). The molecule has 0 aromatic carbocycles. The Hall–Kier alpha value is -0.0200. The molecule has 0 aliphatic carbocycles. The lowest BCUT2D eigenvalue weighted by Crippen LogP contribution is -2.07. The summed E-state index contributed by atoms with van der Waals surface area (Å²) in [4.78, 5) is 9.63. The van der Waals surface area contributed by atoms with Crippen LogP contribution in [0.5, 0.6) is 0 Å². The second-order valence-corrected chi connectivity index (χ2v) is 2.40. The van der Waals surface area contributed by atoms with Gasteiger partial charge in [-0.3, -0.25) is 4.79 Å². The summed E-state index contributed by atoms with van der Waals surface area (Å²) in [7, 11) is 0. The highest BCUT2D eigenvalue weighted by atomic mass is 32.2. The van der Waals surface area contributed by atoms with E-state index in [9.17, 15) is 4.79 Å². The Kier molecular flexibility index (Phi) is 5.11. The van der Waals surface area contributed by atoms with Crippen LogP contribution >= 0.6 is 11.8 Å². The topological polar surface area (TPSA) is 37.3 Å². The fourth-order valence-electron chi connectivity index (χ4n) is 0.288. The van der Waals surface area contributed by atoms with Gasteiger partial charge in [-0.1, -0.05) is 0 Å². The van der Waals surface area contributed by atoms with Gasteiger partial charge in [-0.2, -0.15) is 11.8 Å². The molecule has 3 heteroatoms. The van der Waals surface area contributed by atoms with Crippen LogP contribution in [0.25, 0.3) is 0 Å². The third kappa shape index (κ3) is 4.15. The summed E-state index contributed by atoms with van der Waals surface area (Å²) in [6, 6.07) is 0. The number of hydrogen-bond donors (Lipinski definition) is 1. The van der Waals surface area contributed by atoms with Crippen LogP contribution in [0.4, 0.5) is 0 Å². The smallest absolute Gasteiger partial charge is 0.229 e. The number of aliphatic hydroxyl groups is 1. The molecule has 1 unspecified atom stereocenters. The van der Waals surface area contributed by atoms with Gasteiger partial charge in [0.15, 0.2) is 0 Å². The second kappa shape index (κ2) is 5.12. The van der Waals surface area contributed by atoms with Crippen molar-refractivity contribution in [3.63, 3.8) is 0 Å². The van der Waals surface area contributed by atoms with Crippen molar-refractivity contribution in [2.45, 2.75) is 12.5 Å². The Morgan fingerprint density at radius 3 is 2.88 bits per heavy atom. The van der Waals surface area contributed by atoms with Gasteiger partial charge in [0.1, 0.15) is 6.10 Å². The van der Waals surface area contributed by atoms with Crippen molar-refractivity contribution in [2.24, 2.45) is 0 Å². The van der Waals surface area contributed by atoms with Crippen molar-refractivity contribution in [3.05, 3.63) is 0 Å². The normalized spacial score (nSPS) is 13.2. The first-order chi connectivity index (χ1) is 3.81. The molecule has 0 aromatic heterocycles. The molecule has 1 atom stereocenters. The Morgan fingerprint density at radius 1 is 1.88 bits per heavy atom. The van der Waals surface area contributed by atoms with Crippen LogP contribution in [0.15, 0.2) is 0 Å². The maximum Gasteiger partial charge on any atom is 0.229 e. The summed E-state index contributed by atoms with van der Waals surface area (Å²) >= 11 is 1.61. The standard InChI is InChI=1S/C5H9O2S/c1-8-3-2-5(7)4-6/h5,7H,2-3H2,1H3. The quantitative estimate of drug-likeness (QED) is 0.595. The van der Waals surface area contributed by atoms with Gasteiger partial charge in [0.25, 0.3) is 0 Å². The van der Waals surface area contributed by atoms with E-state index in [2.05, 4.69) is 0 Å². The lowest BCUT2D eigenvalue weighted by molar-refractivity contribution is 0.232. The van der Waals surface area contributed by atoms with Gasteiger partial charge in [0.2, 0.25) is 6.29 Å². The summed E-state index contributed by atoms with van der Waals surface area (Å²) < 4.78 is 0. The van der Waals surface area contributed by atoms with E-state index >= 15 is 0 Å². The number of aliphatic hydroxyl groups excluding tert-OH is 1. The van der Waals surface area contributed by atoms with E-state index in [4.69, 9.17) is 5.11 Å². The molecule has 0 amide bonds. The zero-order chi connectivity index (χ0) is 6.41. The molecule has 0 heterocycles. The second-order valence-electron chi connectivity index (χ2n) is 1.42. The van der Waals surface area contributed by atoms with Crippen molar-refractivity contribution < 1.29 is 9.90 Å². The summed E-state index contributed by atoms with van der Waals surface area (Å²) in [5.41, 5.74) is 0. The first-order valence-electron chi connectivity index (χ1n) is 2.36. The molecular weight excluding hydrogens is 124 g/mol. The fraction of sp³-hybridized carbons (Fsp3) is 0.800. The lowest BCUT2D eigenvalue weighted by atomic mass is 10.3. The molecule has 8 heavy (non-hydrogen) atoms. The molecule has 0 aliphatic rings. The first kappa shape index (κ1) is 7.98. The van der Waals surface area contributed by atoms with Gasteiger partial charge in [-0.15, -0.1) is 0 Å². The zero-order valence-electron chi connectivity index (χ0n) is 4.76. The van der Waals surface area contributed by atoms with Crippen molar-refractivity contribution in [3.8, 4) is 0 Å². The Balaban J connectivity index is 2.98. The number of hydrogen-bond acceptors (Lipinski definition) is 3. The first-order valence-corrected chi connectivity index (χ1v) is 3.75. The van der Waals surface area contributed by atoms with Gasteiger partial charge in [-0.25, -0.2) is 0 Å². The van der Waals surface area contributed by atoms with E-state index in [1.54, 1.807) is 11.8 Å². The lowest BCUT2D eigenvalue weighted by Gasteiger charge is -1.96. The molecular formula is C5H9O2S. The minimum Gasteiger partial charge on any atom is -0.385 e. The van der Waals surface area contributed by atoms with Crippen LogP contribution in [-0.4, -0.2) is 29.5 Å². The SMILES string of the molecule is CSCCC(O)[C]=O. The minimum atomic E-state index is -0.873. The summed E-state index contributed by atoms with van der Waals surface area (Å²) in [5.74, 6) is 0.816. The van der Waals surface area contributed by atoms with E-state index in [1.807, 2.05) is 6.26 Å². The molecule has 0 saturated heterocycles. The maximum atomic E-state index is 9.63. The Labute approximate surface area is 53.3 Å². The van der Waals surface area contributed by atoms with Gasteiger partial charge >= 0.3 is 0 Å². The molecule has 0 spiro atoms. The van der Waals surface area contributed by atoms with Crippen molar-refractivity contribution in [1.82, 2.24) is 0 Å². The minimum absolute atomic E-state index is 0.519. The van der Waals surface area contributed by atoms with Crippen LogP contribution < -0.4 is 0 Å². The molecule has 0 aromatic rings. The van der Waals surface area contributed by atoms with Gasteiger partial charge in [0.05, 0.1) is 0 Å². The predicted octanol–water partition coefficient (Wildman–Crippen LogP) is 0.210.